The fourth-order valence-corrected chi connectivity index (χ4v) is 1.74. The van der Waals surface area contributed by atoms with Crippen LogP contribution in [0.3, 0.4) is 0 Å². The van der Waals surface area contributed by atoms with Gasteiger partial charge in [0.15, 0.2) is 0 Å². The van der Waals surface area contributed by atoms with Crippen molar-refractivity contribution in [2.45, 2.75) is 20.3 Å². The number of benzene rings is 1. The fraction of sp³-hybridized carbons (Fsp3) is 0.462. The van der Waals surface area contributed by atoms with Crippen molar-refractivity contribution in [3.05, 3.63) is 28.2 Å². The third-order valence-electron chi connectivity index (χ3n) is 2.49. The van der Waals surface area contributed by atoms with E-state index in [4.69, 9.17) is 0 Å². The molecule has 0 spiro atoms. The van der Waals surface area contributed by atoms with E-state index in [0.717, 1.165) is 12.5 Å². The van der Waals surface area contributed by atoms with Gasteiger partial charge in [-0.2, -0.15) is 0 Å². The van der Waals surface area contributed by atoms with Gasteiger partial charge >= 0.3 is 0 Å². The molecule has 1 aromatic rings. The highest BCUT2D eigenvalue weighted by atomic mass is 79.9. The van der Waals surface area contributed by atoms with Crippen LogP contribution >= 0.6 is 15.9 Å². The van der Waals surface area contributed by atoms with E-state index in [1.807, 2.05) is 0 Å². The Morgan fingerprint density at radius 3 is 2.63 bits per heavy atom. The van der Waals surface area contributed by atoms with Crippen LogP contribution in [0.25, 0.3) is 0 Å². The summed E-state index contributed by atoms with van der Waals surface area (Å²) in [7, 11) is 0. The molecule has 1 rings (SSSR count). The Hall–Kier alpha value is -1.17. The second-order valence-electron chi connectivity index (χ2n) is 4.63. The zero-order valence-electron chi connectivity index (χ0n) is 10.9. The topological polar surface area (TPSA) is 41.1 Å². The van der Waals surface area contributed by atoms with Crippen LogP contribution in [-0.4, -0.2) is 19.0 Å². The fourth-order valence-electron chi connectivity index (χ4n) is 1.40. The second-order valence-corrected chi connectivity index (χ2v) is 5.49. The number of anilines is 1. The van der Waals surface area contributed by atoms with Crippen molar-refractivity contribution < 1.29 is 13.6 Å². The number of carbonyl (C=O) groups is 1. The minimum Gasteiger partial charge on any atom is -0.374 e. The van der Waals surface area contributed by atoms with Crippen molar-refractivity contribution in [2.24, 2.45) is 5.92 Å². The molecule has 2 N–H and O–H groups in total. The summed E-state index contributed by atoms with van der Waals surface area (Å²) >= 11 is 2.96. The molecule has 6 heteroatoms. The lowest BCUT2D eigenvalue weighted by Gasteiger charge is -2.10. The van der Waals surface area contributed by atoms with Crippen molar-refractivity contribution in [1.82, 2.24) is 5.32 Å². The average molecular weight is 335 g/mol. The number of hydrogen-bond donors (Lipinski definition) is 2. The molecule has 0 radical (unpaired) electrons. The summed E-state index contributed by atoms with van der Waals surface area (Å²) < 4.78 is 26.5. The van der Waals surface area contributed by atoms with Gasteiger partial charge in [-0.15, -0.1) is 0 Å². The van der Waals surface area contributed by atoms with Crippen LogP contribution < -0.4 is 10.6 Å². The van der Waals surface area contributed by atoms with E-state index in [1.54, 1.807) is 0 Å². The predicted molar refractivity (Wildman–Crippen MR) is 75.0 cm³/mol. The Bertz CT molecular complexity index is 453. The normalized spacial score (nSPS) is 10.6. The molecule has 0 aromatic heterocycles. The lowest BCUT2D eigenvalue weighted by molar-refractivity contribution is -0.119. The van der Waals surface area contributed by atoms with Crippen LogP contribution in [0, 0.1) is 17.6 Å². The van der Waals surface area contributed by atoms with Gasteiger partial charge in [-0.25, -0.2) is 8.78 Å². The first kappa shape index (κ1) is 15.9. The molecule has 0 saturated heterocycles. The predicted octanol–water partition coefficient (Wildman–Crippen LogP) is 3.30. The Morgan fingerprint density at radius 2 is 2.00 bits per heavy atom. The monoisotopic (exact) mass is 334 g/mol. The van der Waals surface area contributed by atoms with Gasteiger partial charge in [0.1, 0.15) is 11.6 Å². The molecule has 0 fully saturated rings. The van der Waals surface area contributed by atoms with Crippen LogP contribution in [0.15, 0.2) is 16.6 Å². The van der Waals surface area contributed by atoms with Gasteiger partial charge in [-0.3, -0.25) is 4.79 Å². The van der Waals surface area contributed by atoms with Crippen molar-refractivity contribution in [2.75, 3.05) is 18.4 Å². The standard InChI is InChI=1S/C13H17BrF2N2O/c1-8(2)3-4-17-13(19)7-18-12-5-9(14)10(15)6-11(12)16/h5-6,8,18H,3-4,7H2,1-2H3,(H,17,19). The zero-order valence-corrected chi connectivity index (χ0v) is 12.5. The van der Waals surface area contributed by atoms with Gasteiger partial charge in [0.25, 0.3) is 0 Å². The molecule has 0 saturated carbocycles. The van der Waals surface area contributed by atoms with Gasteiger partial charge in [0.05, 0.1) is 16.7 Å². The van der Waals surface area contributed by atoms with Crippen LogP contribution in [0.2, 0.25) is 0 Å². The maximum absolute atomic E-state index is 13.4. The molecule has 1 aromatic carbocycles. The van der Waals surface area contributed by atoms with Gasteiger partial charge < -0.3 is 10.6 Å². The average Bonchev–Trinajstić information content (AvgIpc) is 2.31. The van der Waals surface area contributed by atoms with Crippen LogP contribution in [0.1, 0.15) is 20.3 Å². The minimum atomic E-state index is -0.726. The van der Waals surface area contributed by atoms with Crippen LogP contribution in [-0.2, 0) is 4.79 Å². The minimum absolute atomic E-state index is 0.0485. The number of rotatable bonds is 6. The summed E-state index contributed by atoms with van der Waals surface area (Å²) in [6, 6.07) is 2.04. The first-order chi connectivity index (χ1) is 8.90. The van der Waals surface area contributed by atoms with Crippen LogP contribution in [0.4, 0.5) is 14.5 Å². The van der Waals surface area contributed by atoms with Crippen molar-refractivity contribution in [3.8, 4) is 0 Å². The lowest BCUT2D eigenvalue weighted by Crippen LogP contribution is -2.31. The molecule has 106 valence electrons. The third-order valence-corrected chi connectivity index (χ3v) is 3.10. The molecule has 3 nitrogen and oxygen atoms in total. The molecule has 0 bridgehead atoms. The van der Waals surface area contributed by atoms with Gasteiger partial charge in [0.2, 0.25) is 5.91 Å². The van der Waals surface area contributed by atoms with E-state index in [0.29, 0.717) is 12.5 Å². The molecule has 0 atom stereocenters. The number of carbonyl (C=O) groups excluding carboxylic acids is 1. The Morgan fingerprint density at radius 1 is 1.32 bits per heavy atom. The quantitative estimate of drug-likeness (QED) is 0.783. The van der Waals surface area contributed by atoms with E-state index in [-0.39, 0.29) is 22.6 Å². The molecular formula is C13H17BrF2N2O. The highest BCUT2D eigenvalue weighted by Gasteiger charge is 2.09. The Kier molecular flexibility index (Phi) is 6.21. The molecule has 0 aliphatic heterocycles. The van der Waals surface area contributed by atoms with E-state index in [9.17, 15) is 13.6 Å². The highest BCUT2D eigenvalue weighted by Crippen LogP contribution is 2.23. The van der Waals surface area contributed by atoms with Crippen LogP contribution in [0.5, 0.6) is 0 Å². The number of amides is 1. The zero-order chi connectivity index (χ0) is 14.4. The molecule has 0 heterocycles. The van der Waals surface area contributed by atoms with Gasteiger partial charge in [-0.05, 0) is 34.3 Å². The van der Waals surface area contributed by atoms with E-state index < -0.39 is 11.6 Å². The maximum atomic E-state index is 13.4. The van der Waals surface area contributed by atoms with Gasteiger partial charge in [0, 0.05) is 12.6 Å². The highest BCUT2D eigenvalue weighted by molar-refractivity contribution is 9.10. The van der Waals surface area contributed by atoms with Crippen molar-refractivity contribution >= 4 is 27.5 Å². The molecule has 0 aliphatic carbocycles. The van der Waals surface area contributed by atoms with E-state index in [2.05, 4.69) is 40.4 Å². The summed E-state index contributed by atoms with van der Waals surface area (Å²) in [5, 5.41) is 5.36. The van der Waals surface area contributed by atoms with E-state index in [1.165, 1.54) is 6.07 Å². The maximum Gasteiger partial charge on any atom is 0.239 e. The summed E-state index contributed by atoms with van der Waals surface area (Å²) in [6.45, 7) is 4.67. The SMILES string of the molecule is CC(C)CCNC(=O)CNc1cc(Br)c(F)cc1F. The second kappa shape index (κ2) is 7.43. The molecule has 0 unspecified atom stereocenters. The lowest BCUT2D eigenvalue weighted by atomic mass is 10.1. The van der Waals surface area contributed by atoms with Gasteiger partial charge in [-0.1, -0.05) is 13.8 Å². The first-order valence-corrected chi connectivity index (χ1v) is 6.84. The molecule has 19 heavy (non-hydrogen) atoms. The summed E-state index contributed by atoms with van der Waals surface area (Å²) in [4.78, 5) is 11.5. The number of halogens is 3. The van der Waals surface area contributed by atoms with E-state index >= 15 is 0 Å². The number of hydrogen-bond acceptors (Lipinski definition) is 2. The molecule has 1 amide bonds. The smallest absolute Gasteiger partial charge is 0.239 e. The summed E-state index contributed by atoms with van der Waals surface area (Å²) in [5.74, 6) is -1.11. The van der Waals surface area contributed by atoms with Crippen molar-refractivity contribution in [3.63, 3.8) is 0 Å². The Labute approximate surface area is 119 Å². The molecular weight excluding hydrogens is 318 g/mol. The van der Waals surface area contributed by atoms with Crippen molar-refractivity contribution in [1.29, 1.82) is 0 Å². The summed E-state index contributed by atoms with van der Waals surface area (Å²) in [5.41, 5.74) is 0.0901. The number of nitrogens with one attached hydrogen (secondary N) is 2. The third kappa shape index (κ3) is 5.55. The molecule has 0 aliphatic rings. The summed E-state index contributed by atoms with van der Waals surface area (Å²) in [6.07, 6.45) is 0.891. The first-order valence-electron chi connectivity index (χ1n) is 6.05. The largest absolute Gasteiger partial charge is 0.374 e. The Balaban J connectivity index is 2.44.